The number of carbonyl (C=O) groups excluding carboxylic acids is 1. The molecule has 1 aliphatic rings. The summed E-state index contributed by atoms with van der Waals surface area (Å²) in [5, 5.41) is 12.8. The van der Waals surface area contributed by atoms with E-state index in [-0.39, 0.29) is 18.2 Å². The van der Waals surface area contributed by atoms with Crippen molar-refractivity contribution in [3.8, 4) is 0 Å². The van der Waals surface area contributed by atoms with Crippen LogP contribution >= 0.6 is 11.6 Å². The van der Waals surface area contributed by atoms with E-state index in [1.54, 1.807) is 12.1 Å². The number of nitrogens with one attached hydrogen (secondary N) is 3. The van der Waals surface area contributed by atoms with E-state index >= 15 is 0 Å². The summed E-state index contributed by atoms with van der Waals surface area (Å²) in [7, 11) is 0. The van der Waals surface area contributed by atoms with Gasteiger partial charge < -0.3 is 10.4 Å². The van der Waals surface area contributed by atoms with Crippen molar-refractivity contribution in [1.29, 1.82) is 0 Å². The SMILES string of the molecule is O=C(NNc1ccccc1Cl)NC1CCC(O)CC1. The number of para-hydroxylation sites is 1. The Balaban J connectivity index is 1.74. The predicted molar refractivity (Wildman–Crippen MR) is 75.0 cm³/mol. The van der Waals surface area contributed by atoms with Gasteiger partial charge in [-0.1, -0.05) is 23.7 Å². The first kappa shape index (κ1) is 14.0. The van der Waals surface area contributed by atoms with Crippen LogP contribution in [0.1, 0.15) is 25.7 Å². The third-order valence-corrected chi connectivity index (χ3v) is 3.55. The first-order valence-corrected chi connectivity index (χ1v) is 6.78. The number of hydrazine groups is 1. The second-order valence-electron chi connectivity index (χ2n) is 4.71. The number of aliphatic hydroxyl groups excluding tert-OH is 1. The van der Waals surface area contributed by atoms with Gasteiger partial charge in [0.05, 0.1) is 16.8 Å². The van der Waals surface area contributed by atoms with Crippen molar-refractivity contribution in [3.63, 3.8) is 0 Å². The highest BCUT2D eigenvalue weighted by molar-refractivity contribution is 6.33. The summed E-state index contributed by atoms with van der Waals surface area (Å²) in [5.41, 5.74) is 5.97. The molecule has 0 bridgehead atoms. The number of halogens is 1. The summed E-state index contributed by atoms with van der Waals surface area (Å²) in [6.45, 7) is 0. The molecule has 1 aromatic rings. The average Bonchev–Trinajstić information content (AvgIpc) is 2.40. The van der Waals surface area contributed by atoms with Gasteiger partial charge in [0.25, 0.3) is 0 Å². The lowest BCUT2D eigenvalue weighted by Gasteiger charge is -2.26. The molecule has 0 atom stereocenters. The first-order chi connectivity index (χ1) is 9.15. The van der Waals surface area contributed by atoms with Crippen LogP contribution in [0.15, 0.2) is 24.3 Å². The summed E-state index contributed by atoms with van der Waals surface area (Å²) >= 11 is 5.95. The van der Waals surface area contributed by atoms with E-state index in [9.17, 15) is 9.90 Å². The number of urea groups is 1. The van der Waals surface area contributed by atoms with Crippen molar-refractivity contribution < 1.29 is 9.90 Å². The minimum atomic E-state index is -0.290. The third-order valence-electron chi connectivity index (χ3n) is 3.22. The van der Waals surface area contributed by atoms with Crippen molar-refractivity contribution in [2.45, 2.75) is 37.8 Å². The zero-order valence-electron chi connectivity index (χ0n) is 10.5. The second-order valence-corrected chi connectivity index (χ2v) is 5.12. The molecule has 0 aromatic heterocycles. The molecule has 0 saturated heterocycles. The number of hydrogen-bond donors (Lipinski definition) is 4. The van der Waals surface area contributed by atoms with Crippen LogP contribution in [0.25, 0.3) is 0 Å². The molecule has 4 N–H and O–H groups in total. The van der Waals surface area contributed by atoms with Crippen LogP contribution in [0.2, 0.25) is 5.02 Å². The predicted octanol–water partition coefficient (Wildman–Crippen LogP) is 2.27. The van der Waals surface area contributed by atoms with Crippen LogP contribution in [0.4, 0.5) is 10.5 Å². The molecule has 0 heterocycles. The van der Waals surface area contributed by atoms with Crippen molar-refractivity contribution in [3.05, 3.63) is 29.3 Å². The van der Waals surface area contributed by atoms with Gasteiger partial charge in [0.1, 0.15) is 0 Å². The van der Waals surface area contributed by atoms with Crippen LogP contribution in [-0.2, 0) is 0 Å². The van der Waals surface area contributed by atoms with Crippen molar-refractivity contribution in [1.82, 2.24) is 10.7 Å². The first-order valence-electron chi connectivity index (χ1n) is 6.40. The van der Waals surface area contributed by atoms with E-state index in [4.69, 9.17) is 11.6 Å². The monoisotopic (exact) mass is 283 g/mol. The van der Waals surface area contributed by atoms with Gasteiger partial charge in [0, 0.05) is 6.04 Å². The Morgan fingerprint density at radius 1 is 1.21 bits per heavy atom. The summed E-state index contributed by atoms with van der Waals surface area (Å²) in [4.78, 5) is 11.7. The molecular formula is C13H18ClN3O2. The van der Waals surface area contributed by atoms with E-state index < -0.39 is 0 Å². The van der Waals surface area contributed by atoms with Crippen molar-refractivity contribution in [2.75, 3.05) is 5.43 Å². The van der Waals surface area contributed by atoms with Crippen LogP contribution in [0, 0.1) is 0 Å². The van der Waals surface area contributed by atoms with Gasteiger partial charge in [0.15, 0.2) is 0 Å². The van der Waals surface area contributed by atoms with E-state index in [1.807, 2.05) is 12.1 Å². The molecule has 1 saturated carbocycles. The molecule has 0 spiro atoms. The highest BCUT2D eigenvalue weighted by Gasteiger charge is 2.20. The number of hydrogen-bond acceptors (Lipinski definition) is 3. The van der Waals surface area contributed by atoms with Crippen LogP contribution in [0.3, 0.4) is 0 Å². The largest absolute Gasteiger partial charge is 0.393 e. The Morgan fingerprint density at radius 3 is 2.58 bits per heavy atom. The minimum absolute atomic E-state index is 0.122. The van der Waals surface area contributed by atoms with Crippen molar-refractivity contribution in [2.24, 2.45) is 0 Å². The van der Waals surface area contributed by atoms with Gasteiger partial charge in [0.2, 0.25) is 0 Å². The van der Waals surface area contributed by atoms with Gasteiger partial charge >= 0.3 is 6.03 Å². The molecule has 0 radical (unpaired) electrons. The molecule has 2 amide bonds. The fourth-order valence-electron chi connectivity index (χ4n) is 2.13. The van der Waals surface area contributed by atoms with E-state index in [0.717, 1.165) is 25.7 Å². The Hall–Kier alpha value is -1.46. The van der Waals surface area contributed by atoms with E-state index in [2.05, 4.69) is 16.2 Å². The average molecular weight is 284 g/mol. The van der Waals surface area contributed by atoms with Gasteiger partial charge in [-0.15, -0.1) is 0 Å². The highest BCUT2D eigenvalue weighted by Crippen LogP contribution is 2.20. The summed E-state index contributed by atoms with van der Waals surface area (Å²) in [6.07, 6.45) is 2.87. The molecule has 2 rings (SSSR count). The normalized spacial score (nSPS) is 22.6. The van der Waals surface area contributed by atoms with Gasteiger partial charge in [-0.25, -0.2) is 4.79 Å². The fraction of sp³-hybridized carbons (Fsp3) is 0.462. The standard InChI is InChI=1S/C13H18ClN3O2/c14-11-3-1-2-4-12(11)16-17-13(19)15-9-5-7-10(18)8-6-9/h1-4,9-10,16,18H,5-8H2,(H2,15,17,19). The molecule has 6 heteroatoms. The van der Waals surface area contributed by atoms with E-state index in [1.165, 1.54) is 0 Å². The lowest BCUT2D eigenvalue weighted by atomic mass is 9.93. The Bertz CT molecular complexity index is 434. The summed E-state index contributed by atoms with van der Waals surface area (Å²) in [5.74, 6) is 0. The fourth-order valence-corrected chi connectivity index (χ4v) is 2.31. The number of anilines is 1. The number of aliphatic hydroxyl groups is 1. The zero-order valence-corrected chi connectivity index (χ0v) is 11.3. The molecule has 0 aliphatic heterocycles. The molecule has 19 heavy (non-hydrogen) atoms. The lowest BCUT2D eigenvalue weighted by molar-refractivity contribution is 0.118. The van der Waals surface area contributed by atoms with Crippen LogP contribution in [-0.4, -0.2) is 23.3 Å². The Labute approximate surface area is 117 Å². The van der Waals surface area contributed by atoms with Crippen LogP contribution < -0.4 is 16.2 Å². The van der Waals surface area contributed by atoms with Crippen molar-refractivity contribution >= 4 is 23.3 Å². The topological polar surface area (TPSA) is 73.4 Å². The minimum Gasteiger partial charge on any atom is -0.393 e. The summed E-state index contributed by atoms with van der Waals surface area (Å²) < 4.78 is 0. The molecule has 1 aliphatic carbocycles. The van der Waals surface area contributed by atoms with Gasteiger partial charge in [-0.2, -0.15) is 0 Å². The van der Waals surface area contributed by atoms with Gasteiger partial charge in [-0.3, -0.25) is 10.9 Å². The molecule has 104 valence electrons. The van der Waals surface area contributed by atoms with E-state index in [0.29, 0.717) is 10.7 Å². The highest BCUT2D eigenvalue weighted by atomic mass is 35.5. The van der Waals surface area contributed by atoms with Crippen LogP contribution in [0.5, 0.6) is 0 Å². The molecule has 5 nitrogen and oxygen atoms in total. The Kier molecular flexibility index (Phi) is 4.87. The number of rotatable bonds is 3. The quantitative estimate of drug-likeness (QED) is 0.643. The zero-order chi connectivity index (χ0) is 13.7. The second kappa shape index (κ2) is 6.63. The molecule has 1 aromatic carbocycles. The Morgan fingerprint density at radius 2 is 1.89 bits per heavy atom. The number of benzene rings is 1. The maximum atomic E-state index is 11.7. The summed E-state index contributed by atoms with van der Waals surface area (Å²) in [6, 6.07) is 7.00. The van der Waals surface area contributed by atoms with Gasteiger partial charge in [-0.05, 0) is 37.8 Å². The number of carbonyl (C=O) groups is 1. The lowest BCUT2D eigenvalue weighted by Crippen LogP contribution is -2.46. The third kappa shape index (κ3) is 4.29. The molecule has 0 unspecified atom stereocenters. The molecular weight excluding hydrogens is 266 g/mol. The smallest absolute Gasteiger partial charge is 0.333 e. The number of amides is 2. The maximum absolute atomic E-state index is 11.7. The molecule has 1 fully saturated rings. The maximum Gasteiger partial charge on any atom is 0.333 e.